The first-order valence-corrected chi connectivity index (χ1v) is 5.93. The van der Waals surface area contributed by atoms with Gasteiger partial charge < -0.3 is 5.73 Å². The molecule has 1 nitrogen and oxygen atoms in total. The Hall–Kier alpha value is -1.81. The Morgan fingerprint density at radius 1 is 1.05 bits per heavy atom. The summed E-state index contributed by atoms with van der Waals surface area (Å²) in [5.74, 6) is -2.15. The molecule has 2 rings (SSSR count). The van der Waals surface area contributed by atoms with E-state index in [1.807, 2.05) is 0 Å². The minimum absolute atomic E-state index is 0.117. The number of nitrogens with two attached hydrogens (primary N) is 1. The summed E-state index contributed by atoms with van der Waals surface area (Å²) in [5.41, 5.74) is 7.18. The molecule has 0 spiro atoms. The topological polar surface area (TPSA) is 26.0 Å². The molecular formula is C15H14F3N. The van der Waals surface area contributed by atoms with E-state index in [-0.39, 0.29) is 17.8 Å². The van der Waals surface area contributed by atoms with Gasteiger partial charge in [0.1, 0.15) is 5.82 Å². The highest BCUT2D eigenvalue weighted by atomic mass is 19.2. The highest BCUT2D eigenvalue weighted by Crippen LogP contribution is 2.21. The maximum absolute atomic E-state index is 13.5. The molecule has 0 fully saturated rings. The Bertz CT molecular complexity index is 596. The van der Waals surface area contributed by atoms with Crippen LogP contribution in [0.4, 0.5) is 13.2 Å². The van der Waals surface area contributed by atoms with E-state index in [2.05, 4.69) is 0 Å². The second-order valence-corrected chi connectivity index (χ2v) is 4.53. The van der Waals surface area contributed by atoms with Crippen LogP contribution in [0.5, 0.6) is 0 Å². The molecule has 2 N–H and O–H groups in total. The molecule has 4 heteroatoms. The standard InChI is InChI=1S/C15H14F3N/c1-9-5-6-10(7-13(9)17)14(19)8-11-3-2-4-12(16)15(11)18/h2-7,14H,8,19H2,1H3. The molecule has 2 aromatic rings. The second-order valence-electron chi connectivity index (χ2n) is 4.53. The predicted molar refractivity (Wildman–Crippen MR) is 68.1 cm³/mol. The van der Waals surface area contributed by atoms with Gasteiger partial charge in [0.05, 0.1) is 0 Å². The molecule has 0 aliphatic carbocycles. The summed E-state index contributed by atoms with van der Waals surface area (Å²) in [4.78, 5) is 0. The lowest BCUT2D eigenvalue weighted by Crippen LogP contribution is -2.15. The average Bonchev–Trinajstić information content (AvgIpc) is 2.38. The highest BCUT2D eigenvalue weighted by Gasteiger charge is 2.14. The Balaban J connectivity index is 2.23. The van der Waals surface area contributed by atoms with Crippen LogP contribution in [0.3, 0.4) is 0 Å². The van der Waals surface area contributed by atoms with Gasteiger partial charge in [0.25, 0.3) is 0 Å². The summed E-state index contributed by atoms with van der Waals surface area (Å²) in [6.45, 7) is 1.65. The zero-order valence-corrected chi connectivity index (χ0v) is 10.5. The van der Waals surface area contributed by atoms with Crippen LogP contribution in [0.15, 0.2) is 36.4 Å². The Morgan fingerprint density at radius 3 is 2.47 bits per heavy atom. The van der Waals surface area contributed by atoms with Crippen LogP contribution in [0, 0.1) is 24.4 Å². The van der Waals surface area contributed by atoms with Gasteiger partial charge in [-0.3, -0.25) is 0 Å². The first-order valence-electron chi connectivity index (χ1n) is 5.93. The molecule has 0 aliphatic heterocycles. The number of halogens is 3. The van der Waals surface area contributed by atoms with Crippen LogP contribution >= 0.6 is 0 Å². The maximum Gasteiger partial charge on any atom is 0.162 e. The van der Waals surface area contributed by atoms with E-state index in [0.717, 1.165) is 6.07 Å². The van der Waals surface area contributed by atoms with Crippen molar-refractivity contribution in [2.75, 3.05) is 0 Å². The third-order valence-corrected chi connectivity index (χ3v) is 3.10. The number of aryl methyl sites for hydroxylation is 1. The quantitative estimate of drug-likeness (QED) is 0.900. The van der Waals surface area contributed by atoms with Crippen molar-refractivity contribution in [1.29, 1.82) is 0 Å². The summed E-state index contributed by atoms with van der Waals surface area (Å²) in [6, 6.07) is 8.02. The van der Waals surface area contributed by atoms with Gasteiger partial charge in [-0.15, -0.1) is 0 Å². The van der Waals surface area contributed by atoms with Crippen molar-refractivity contribution >= 4 is 0 Å². The zero-order valence-electron chi connectivity index (χ0n) is 10.5. The molecule has 0 bridgehead atoms. The lowest BCUT2D eigenvalue weighted by Gasteiger charge is -2.13. The fourth-order valence-corrected chi connectivity index (χ4v) is 1.90. The van der Waals surface area contributed by atoms with Crippen LogP contribution in [0.2, 0.25) is 0 Å². The van der Waals surface area contributed by atoms with Gasteiger partial charge in [0.2, 0.25) is 0 Å². The van der Waals surface area contributed by atoms with Crippen molar-refractivity contribution in [3.8, 4) is 0 Å². The summed E-state index contributed by atoms with van der Waals surface area (Å²) in [5, 5.41) is 0. The van der Waals surface area contributed by atoms with Crippen molar-refractivity contribution in [3.63, 3.8) is 0 Å². The van der Waals surface area contributed by atoms with E-state index < -0.39 is 17.7 Å². The number of benzene rings is 2. The van der Waals surface area contributed by atoms with Crippen LogP contribution < -0.4 is 5.73 Å². The molecule has 0 saturated heterocycles. The lowest BCUT2D eigenvalue weighted by atomic mass is 9.98. The van der Waals surface area contributed by atoms with Gasteiger partial charge in [0.15, 0.2) is 11.6 Å². The molecule has 0 saturated carbocycles. The SMILES string of the molecule is Cc1ccc(C(N)Cc2cccc(F)c2F)cc1F. The van der Waals surface area contributed by atoms with Crippen LogP contribution in [0.25, 0.3) is 0 Å². The molecule has 19 heavy (non-hydrogen) atoms. The minimum Gasteiger partial charge on any atom is -0.324 e. The van der Waals surface area contributed by atoms with E-state index in [9.17, 15) is 13.2 Å². The van der Waals surface area contributed by atoms with Crippen LogP contribution in [-0.4, -0.2) is 0 Å². The first-order chi connectivity index (χ1) is 8.99. The Kier molecular flexibility index (Phi) is 3.90. The fourth-order valence-electron chi connectivity index (χ4n) is 1.90. The normalized spacial score (nSPS) is 12.5. The first kappa shape index (κ1) is 13.6. The summed E-state index contributed by atoms with van der Waals surface area (Å²) in [7, 11) is 0. The smallest absolute Gasteiger partial charge is 0.162 e. The largest absolute Gasteiger partial charge is 0.324 e. The van der Waals surface area contributed by atoms with Crippen molar-refractivity contribution in [2.24, 2.45) is 5.73 Å². The molecule has 0 heterocycles. The Morgan fingerprint density at radius 2 is 1.79 bits per heavy atom. The van der Waals surface area contributed by atoms with Crippen LogP contribution in [-0.2, 0) is 6.42 Å². The van der Waals surface area contributed by atoms with E-state index >= 15 is 0 Å². The number of hydrogen-bond donors (Lipinski definition) is 1. The van der Waals surface area contributed by atoms with Crippen molar-refractivity contribution < 1.29 is 13.2 Å². The van der Waals surface area contributed by atoms with E-state index in [4.69, 9.17) is 5.73 Å². The van der Waals surface area contributed by atoms with E-state index in [1.165, 1.54) is 18.2 Å². The monoisotopic (exact) mass is 265 g/mol. The highest BCUT2D eigenvalue weighted by molar-refractivity contribution is 5.28. The summed E-state index contributed by atoms with van der Waals surface area (Å²) >= 11 is 0. The van der Waals surface area contributed by atoms with Gasteiger partial charge in [-0.05, 0) is 42.2 Å². The average molecular weight is 265 g/mol. The molecule has 0 radical (unpaired) electrons. The van der Waals surface area contributed by atoms with E-state index in [0.29, 0.717) is 11.1 Å². The summed E-state index contributed by atoms with van der Waals surface area (Å²) in [6.07, 6.45) is 0.117. The van der Waals surface area contributed by atoms with Crippen LogP contribution in [0.1, 0.15) is 22.7 Å². The Labute approximate surface area is 109 Å². The van der Waals surface area contributed by atoms with Crippen molar-refractivity contribution in [3.05, 3.63) is 70.5 Å². The van der Waals surface area contributed by atoms with Crippen molar-refractivity contribution in [2.45, 2.75) is 19.4 Å². The predicted octanol–water partition coefficient (Wildman–Crippen LogP) is 3.65. The van der Waals surface area contributed by atoms with Gasteiger partial charge in [-0.25, -0.2) is 13.2 Å². The molecular weight excluding hydrogens is 251 g/mol. The minimum atomic E-state index is -0.903. The summed E-state index contributed by atoms with van der Waals surface area (Å²) < 4.78 is 40.0. The molecule has 0 amide bonds. The molecule has 100 valence electrons. The fraction of sp³-hybridized carbons (Fsp3) is 0.200. The second kappa shape index (κ2) is 5.45. The van der Waals surface area contributed by atoms with Gasteiger partial charge in [-0.1, -0.05) is 24.3 Å². The third-order valence-electron chi connectivity index (χ3n) is 3.10. The number of hydrogen-bond acceptors (Lipinski definition) is 1. The lowest BCUT2D eigenvalue weighted by molar-refractivity contribution is 0.494. The van der Waals surface area contributed by atoms with Gasteiger partial charge in [0, 0.05) is 6.04 Å². The van der Waals surface area contributed by atoms with Gasteiger partial charge in [-0.2, -0.15) is 0 Å². The maximum atomic E-state index is 13.5. The third kappa shape index (κ3) is 2.96. The molecule has 2 aromatic carbocycles. The number of rotatable bonds is 3. The van der Waals surface area contributed by atoms with Crippen molar-refractivity contribution in [1.82, 2.24) is 0 Å². The molecule has 0 aliphatic rings. The van der Waals surface area contributed by atoms with Gasteiger partial charge >= 0.3 is 0 Å². The molecule has 1 unspecified atom stereocenters. The zero-order chi connectivity index (χ0) is 14.0. The molecule has 1 atom stereocenters. The van der Waals surface area contributed by atoms with E-state index in [1.54, 1.807) is 19.1 Å². The molecule has 0 aromatic heterocycles.